The summed E-state index contributed by atoms with van der Waals surface area (Å²) >= 11 is 3.25. The van der Waals surface area contributed by atoms with Crippen LogP contribution in [0.15, 0.2) is 22.7 Å². The minimum Gasteiger partial charge on any atom is -0.508 e. The van der Waals surface area contributed by atoms with Crippen molar-refractivity contribution in [1.29, 1.82) is 0 Å². The Hall–Kier alpha value is -1.07. The van der Waals surface area contributed by atoms with Gasteiger partial charge in [0.05, 0.1) is 0 Å². The summed E-state index contributed by atoms with van der Waals surface area (Å²) in [6.07, 6.45) is 0.0179. The summed E-state index contributed by atoms with van der Waals surface area (Å²) in [6.45, 7) is 0. The maximum Gasteiger partial charge on any atom is 0.219 e. The minimum atomic E-state index is -0.565. The Kier molecular flexibility index (Phi) is 3.49. The summed E-state index contributed by atoms with van der Waals surface area (Å²) < 4.78 is 0.797. The molecule has 0 aliphatic carbocycles. The third-order valence-electron chi connectivity index (χ3n) is 1.81. The number of aromatic hydroxyl groups is 1. The van der Waals surface area contributed by atoms with Crippen molar-refractivity contribution in [2.24, 2.45) is 11.5 Å². The number of phenolic OH excluding ortho intramolecular Hbond substituents is 1. The fourth-order valence-electron chi connectivity index (χ4n) is 1.15. The van der Waals surface area contributed by atoms with Crippen LogP contribution in [0.25, 0.3) is 0 Å². The summed E-state index contributed by atoms with van der Waals surface area (Å²) in [7, 11) is 0. The van der Waals surface area contributed by atoms with Crippen LogP contribution in [0.2, 0.25) is 0 Å². The molecule has 0 aliphatic rings. The molecule has 14 heavy (non-hydrogen) atoms. The largest absolute Gasteiger partial charge is 0.508 e. The van der Waals surface area contributed by atoms with Gasteiger partial charge >= 0.3 is 0 Å². The maximum atomic E-state index is 10.6. The van der Waals surface area contributed by atoms with Gasteiger partial charge in [0.2, 0.25) is 5.91 Å². The zero-order valence-corrected chi connectivity index (χ0v) is 8.99. The van der Waals surface area contributed by atoms with E-state index >= 15 is 0 Å². The van der Waals surface area contributed by atoms with Crippen LogP contribution in [-0.4, -0.2) is 11.0 Å². The number of halogens is 1. The van der Waals surface area contributed by atoms with Crippen LogP contribution in [0.3, 0.4) is 0 Å². The van der Waals surface area contributed by atoms with Gasteiger partial charge in [0.25, 0.3) is 0 Å². The van der Waals surface area contributed by atoms with Gasteiger partial charge in [-0.3, -0.25) is 4.79 Å². The molecule has 76 valence electrons. The first-order chi connectivity index (χ1) is 6.50. The third-order valence-corrected chi connectivity index (χ3v) is 2.30. The van der Waals surface area contributed by atoms with E-state index in [1.165, 1.54) is 6.07 Å². The zero-order valence-electron chi connectivity index (χ0n) is 7.40. The number of phenols is 1. The summed E-state index contributed by atoms with van der Waals surface area (Å²) in [5, 5.41) is 9.47. The molecule has 0 heterocycles. The molecule has 0 saturated heterocycles. The molecule has 1 amide bonds. The number of carbonyl (C=O) groups excluding carboxylic acids is 1. The molecule has 1 rings (SSSR count). The third kappa shape index (κ3) is 2.71. The van der Waals surface area contributed by atoms with Gasteiger partial charge in [-0.05, 0) is 18.2 Å². The Bertz CT molecular complexity index is 355. The molecule has 0 bridgehead atoms. The number of primary amides is 1. The van der Waals surface area contributed by atoms with Crippen molar-refractivity contribution in [2.45, 2.75) is 12.5 Å². The first kappa shape index (κ1) is 11.0. The summed E-state index contributed by atoms with van der Waals surface area (Å²) in [4.78, 5) is 10.6. The van der Waals surface area contributed by atoms with Crippen LogP contribution >= 0.6 is 15.9 Å². The molecule has 1 unspecified atom stereocenters. The molecule has 1 aromatic carbocycles. The van der Waals surface area contributed by atoms with Crippen LogP contribution in [0.5, 0.6) is 5.75 Å². The predicted molar refractivity (Wildman–Crippen MR) is 56.5 cm³/mol. The number of benzene rings is 1. The Morgan fingerprint density at radius 1 is 1.57 bits per heavy atom. The number of carbonyl (C=O) groups is 1. The van der Waals surface area contributed by atoms with E-state index in [2.05, 4.69) is 15.9 Å². The Balaban J connectivity index is 2.93. The van der Waals surface area contributed by atoms with E-state index < -0.39 is 11.9 Å². The monoisotopic (exact) mass is 258 g/mol. The number of hydrogen-bond acceptors (Lipinski definition) is 3. The van der Waals surface area contributed by atoms with Gasteiger partial charge in [-0.1, -0.05) is 15.9 Å². The van der Waals surface area contributed by atoms with Crippen LogP contribution in [-0.2, 0) is 4.79 Å². The van der Waals surface area contributed by atoms with Crippen molar-refractivity contribution in [3.63, 3.8) is 0 Å². The number of nitrogens with two attached hydrogens (primary N) is 2. The van der Waals surface area contributed by atoms with Crippen molar-refractivity contribution >= 4 is 21.8 Å². The molecule has 1 aromatic rings. The highest BCUT2D eigenvalue weighted by molar-refractivity contribution is 9.10. The highest BCUT2D eigenvalue weighted by Crippen LogP contribution is 2.27. The van der Waals surface area contributed by atoms with Crippen LogP contribution in [0.4, 0.5) is 0 Å². The number of rotatable bonds is 3. The van der Waals surface area contributed by atoms with Gasteiger partial charge in [-0.15, -0.1) is 0 Å². The van der Waals surface area contributed by atoms with Crippen molar-refractivity contribution in [2.75, 3.05) is 0 Å². The number of hydrogen-bond donors (Lipinski definition) is 3. The lowest BCUT2D eigenvalue weighted by atomic mass is 10.0. The van der Waals surface area contributed by atoms with E-state index in [-0.39, 0.29) is 12.2 Å². The molecule has 0 aromatic heterocycles. The highest BCUT2D eigenvalue weighted by atomic mass is 79.9. The molecule has 5 heteroatoms. The second-order valence-corrected chi connectivity index (χ2v) is 3.90. The minimum absolute atomic E-state index is 0.0179. The van der Waals surface area contributed by atoms with Gasteiger partial charge in [0.15, 0.2) is 0 Å². The zero-order chi connectivity index (χ0) is 10.7. The molecule has 0 fully saturated rings. The molecule has 0 radical (unpaired) electrons. The van der Waals surface area contributed by atoms with E-state index in [1.807, 2.05) is 0 Å². The summed E-state index contributed by atoms with van der Waals surface area (Å²) in [5.74, 6) is -0.418. The molecular weight excluding hydrogens is 248 g/mol. The molecule has 5 N–H and O–H groups in total. The van der Waals surface area contributed by atoms with Gasteiger partial charge in [0.1, 0.15) is 5.75 Å². The standard InChI is InChI=1S/C9H11BrN2O2/c10-5-1-2-8(13)6(3-5)7(11)4-9(12)14/h1-3,7,13H,4,11H2,(H2,12,14). The van der Waals surface area contributed by atoms with E-state index in [4.69, 9.17) is 11.5 Å². The van der Waals surface area contributed by atoms with E-state index in [0.29, 0.717) is 5.56 Å². The lowest BCUT2D eigenvalue weighted by Crippen LogP contribution is -2.20. The summed E-state index contributed by atoms with van der Waals surface area (Å²) in [5.41, 5.74) is 11.2. The van der Waals surface area contributed by atoms with E-state index in [1.54, 1.807) is 12.1 Å². The van der Waals surface area contributed by atoms with Crippen molar-refractivity contribution in [3.05, 3.63) is 28.2 Å². The maximum absolute atomic E-state index is 10.6. The molecule has 4 nitrogen and oxygen atoms in total. The second kappa shape index (κ2) is 4.43. The average molecular weight is 259 g/mol. The first-order valence-corrected chi connectivity index (χ1v) is 4.82. The van der Waals surface area contributed by atoms with Gasteiger partial charge in [0, 0.05) is 22.5 Å². The topological polar surface area (TPSA) is 89.3 Å². The second-order valence-electron chi connectivity index (χ2n) is 2.98. The summed E-state index contributed by atoms with van der Waals surface area (Å²) in [6, 6.07) is 4.31. The Morgan fingerprint density at radius 3 is 2.79 bits per heavy atom. The molecular formula is C9H11BrN2O2. The average Bonchev–Trinajstić information content (AvgIpc) is 2.08. The Morgan fingerprint density at radius 2 is 2.21 bits per heavy atom. The molecule has 0 spiro atoms. The van der Waals surface area contributed by atoms with Crippen molar-refractivity contribution in [1.82, 2.24) is 0 Å². The van der Waals surface area contributed by atoms with Crippen molar-refractivity contribution in [3.8, 4) is 5.75 Å². The lowest BCUT2D eigenvalue weighted by molar-refractivity contribution is -0.118. The van der Waals surface area contributed by atoms with Gasteiger partial charge < -0.3 is 16.6 Å². The van der Waals surface area contributed by atoms with Crippen LogP contribution < -0.4 is 11.5 Å². The fraction of sp³-hybridized carbons (Fsp3) is 0.222. The SMILES string of the molecule is NC(=O)CC(N)c1cc(Br)ccc1O. The van der Waals surface area contributed by atoms with Crippen LogP contribution in [0, 0.1) is 0 Å². The van der Waals surface area contributed by atoms with E-state index in [0.717, 1.165) is 4.47 Å². The first-order valence-electron chi connectivity index (χ1n) is 4.03. The molecule has 1 atom stereocenters. The van der Waals surface area contributed by atoms with Gasteiger partial charge in [-0.2, -0.15) is 0 Å². The fourth-order valence-corrected chi connectivity index (χ4v) is 1.53. The molecule has 0 aliphatic heterocycles. The van der Waals surface area contributed by atoms with Crippen LogP contribution in [0.1, 0.15) is 18.0 Å². The lowest BCUT2D eigenvalue weighted by Gasteiger charge is -2.11. The predicted octanol–water partition coefficient (Wildman–Crippen LogP) is 1.03. The number of amides is 1. The molecule has 0 saturated carbocycles. The highest BCUT2D eigenvalue weighted by Gasteiger charge is 2.13. The Labute approximate surface area is 90.0 Å². The van der Waals surface area contributed by atoms with Gasteiger partial charge in [-0.25, -0.2) is 0 Å². The van der Waals surface area contributed by atoms with Crippen molar-refractivity contribution < 1.29 is 9.90 Å². The van der Waals surface area contributed by atoms with E-state index in [9.17, 15) is 9.90 Å². The smallest absolute Gasteiger partial charge is 0.219 e. The quantitative estimate of drug-likeness (QED) is 0.757. The normalized spacial score (nSPS) is 12.4.